The highest BCUT2D eigenvalue weighted by Crippen LogP contribution is 2.22. The van der Waals surface area contributed by atoms with E-state index >= 15 is 0 Å². The Morgan fingerprint density at radius 2 is 1.59 bits per heavy atom. The van der Waals surface area contributed by atoms with Crippen LogP contribution in [0.25, 0.3) is 0 Å². The summed E-state index contributed by atoms with van der Waals surface area (Å²) in [6.07, 6.45) is -0.0796. The lowest BCUT2D eigenvalue weighted by atomic mass is 10.1. The third kappa shape index (κ3) is 6.16. The number of nitrogens with one attached hydrogen (secondary N) is 3. The van der Waals surface area contributed by atoms with Gasteiger partial charge in [0.2, 0.25) is 15.9 Å². The van der Waals surface area contributed by atoms with Gasteiger partial charge in [-0.15, -0.1) is 0 Å². The number of hydrogen-bond acceptors (Lipinski definition) is 4. The second kappa shape index (κ2) is 10.4. The van der Waals surface area contributed by atoms with Gasteiger partial charge in [-0.05, 0) is 48.9 Å². The van der Waals surface area contributed by atoms with E-state index < -0.39 is 10.0 Å². The second-order valence-corrected chi connectivity index (χ2v) is 9.12. The fourth-order valence-electron chi connectivity index (χ4n) is 2.88. The fourth-order valence-corrected chi connectivity index (χ4v) is 4.43. The molecule has 0 aliphatic rings. The molecule has 0 fully saturated rings. The zero-order chi connectivity index (χ0) is 23.1. The zero-order valence-corrected chi connectivity index (χ0v) is 18.8. The molecule has 0 atom stereocenters. The molecule has 32 heavy (non-hydrogen) atoms. The highest BCUT2D eigenvalue weighted by atomic mass is 35.5. The predicted molar refractivity (Wildman–Crippen MR) is 125 cm³/mol. The average Bonchev–Trinajstić information content (AvgIpc) is 2.76. The van der Waals surface area contributed by atoms with Gasteiger partial charge in [0.05, 0.1) is 5.02 Å². The maximum atomic E-state index is 12.3. The van der Waals surface area contributed by atoms with E-state index in [9.17, 15) is 18.0 Å². The van der Waals surface area contributed by atoms with Crippen molar-refractivity contribution < 1.29 is 18.0 Å². The Hall–Kier alpha value is -3.20. The number of rotatable bonds is 8. The van der Waals surface area contributed by atoms with Gasteiger partial charge in [0.1, 0.15) is 4.90 Å². The van der Waals surface area contributed by atoms with Gasteiger partial charge >= 0.3 is 0 Å². The molecule has 9 heteroatoms. The van der Waals surface area contributed by atoms with Crippen LogP contribution >= 0.6 is 11.6 Å². The highest BCUT2D eigenvalue weighted by Gasteiger charge is 2.17. The molecule has 0 radical (unpaired) electrons. The quantitative estimate of drug-likeness (QED) is 0.457. The van der Waals surface area contributed by atoms with Crippen molar-refractivity contribution in [3.63, 3.8) is 0 Å². The molecule has 0 heterocycles. The van der Waals surface area contributed by atoms with Crippen molar-refractivity contribution in [2.24, 2.45) is 0 Å². The Labute approximate surface area is 191 Å². The maximum Gasteiger partial charge on any atom is 0.255 e. The topological polar surface area (TPSA) is 104 Å². The maximum absolute atomic E-state index is 12.3. The molecule has 0 unspecified atom stereocenters. The minimum absolute atomic E-state index is 0.0419. The van der Waals surface area contributed by atoms with Crippen LogP contribution < -0.4 is 15.4 Å². The van der Waals surface area contributed by atoms with E-state index in [0.717, 1.165) is 5.56 Å². The first kappa shape index (κ1) is 23.5. The number of carbonyl (C=O) groups is 2. The number of hydrogen-bond donors (Lipinski definition) is 3. The van der Waals surface area contributed by atoms with Crippen molar-refractivity contribution in [2.75, 3.05) is 17.2 Å². The monoisotopic (exact) mass is 471 g/mol. The summed E-state index contributed by atoms with van der Waals surface area (Å²) in [7, 11) is -3.82. The molecule has 0 aromatic heterocycles. The fraction of sp³-hybridized carbons (Fsp3) is 0.130. The molecule has 0 aliphatic heterocycles. The molecule has 0 bridgehead atoms. The SMILES string of the molecule is Cc1ccc(NC(=O)c2ccccc2)cc1NC(=O)CCNS(=O)(=O)c1ccccc1Cl. The smallest absolute Gasteiger partial charge is 0.255 e. The summed E-state index contributed by atoms with van der Waals surface area (Å²) in [5.41, 5.74) is 2.37. The minimum Gasteiger partial charge on any atom is -0.326 e. The first-order chi connectivity index (χ1) is 15.3. The zero-order valence-electron chi connectivity index (χ0n) is 17.3. The number of sulfonamides is 1. The largest absolute Gasteiger partial charge is 0.326 e. The molecule has 0 spiro atoms. The van der Waals surface area contributed by atoms with Gasteiger partial charge in [0, 0.05) is 29.9 Å². The van der Waals surface area contributed by atoms with Gasteiger partial charge in [-0.1, -0.05) is 48.0 Å². The molecule has 3 aromatic carbocycles. The van der Waals surface area contributed by atoms with Crippen LogP contribution in [0.15, 0.2) is 77.7 Å². The van der Waals surface area contributed by atoms with Crippen molar-refractivity contribution in [2.45, 2.75) is 18.2 Å². The second-order valence-electron chi connectivity index (χ2n) is 6.98. The Morgan fingerprint density at radius 1 is 0.906 bits per heavy atom. The van der Waals surface area contributed by atoms with E-state index in [1.807, 2.05) is 13.0 Å². The summed E-state index contributed by atoms with van der Waals surface area (Å²) in [6.45, 7) is 1.72. The van der Waals surface area contributed by atoms with Crippen LogP contribution in [-0.4, -0.2) is 26.8 Å². The van der Waals surface area contributed by atoms with Crippen molar-refractivity contribution in [3.05, 3.63) is 88.9 Å². The minimum atomic E-state index is -3.82. The summed E-state index contributed by atoms with van der Waals surface area (Å²) < 4.78 is 27.1. The van der Waals surface area contributed by atoms with Gasteiger partial charge in [0.15, 0.2) is 0 Å². The Kier molecular flexibility index (Phi) is 7.63. The third-order valence-corrected chi connectivity index (χ3v) is 6.54. The molecule has 2 amide bonds. The Bertz CT molecular complexity index is 1230. The molecular formula is C23H22ClN3O4S. The summed E-state index contributed by atoms with van der Waals surface area (Å²) in [6, 6.07) is 20.0. The molecule has 3 rings (SSSR count). The summed E-state index contributed by atoms with van der Waals surface area (Å²) in [5.74, 6) is -0.637. The number of anilines is 2. The van der Waals surface area contributed by atoms with E-state index in [1.165, 1.54) is 12.1 Å². The first-order valence-electron chi connectivity index (χ1n) is 9.77. The molecule has 7 nitrogen and oxygen atoms in total. The number of benzene rings is 3. The van der Waals surface area contributed by atoms with Crippen molar-refractivity contribution in [3.8, 4) is 0 Å². The summed E-state index contributed by atoms with van der Waals surface area (Å²) >= 11 is 5.94. The van der Waals surface area contributed by atoms with Crippen LogP contribution in [-0.2, 0) is 14.8 Å². The van der Waals surface area contributed by atoms with E-state index in [2.05, 4.69) is 15.4 Å². The standard InChI is InChI=1S/C23H22ClN3O4S/c1-16-11-12-18(26-23(29)17-7-3-2-4-8-17)15-20(16)27-22(28)13-14-25-32(30,31)21-10-6-5-9-19(21)24/h2-12,15,25H,13-14H2,1H3,(H,26,29)(H,27,28). The van der Waals surface area contributed by atoms with Gasteiger partial charge in [-0.25, -0.2) is 13.1 Å². The lowest BCUT2D eigenvalue weighted by Gasteiger charge is -2.12. The third-order valence-electron chi connectivity index (χ3n) is 4.58. The average molecular weight is 472 g/mol. The van der Waals surface area contributed by atoms with Gasteiger partial charge in [-0.2, -0.15) is 0 Å². The van der Waals surface area contributed by atoms with Crippen LogP contribution in [0.3, 0.4) is 0 Å². The molecular weight excluding hydrogens is 450 g/mol. The number of carbonyl (C=O) groups excluding carboxylic acids is 2. The molecule has 0 aliphatic carbocycles. The van der Waals surface area contributed by atoms with E-state index in [0.29, 0.717) is 16.9 Å². The van der Waals surface area contributed by atoms with Crippen LogP contribution in [0.4, 0.5) is 11.4 Å². The van der Waals surface area contributed by atoms with Crippen LogP contribution in [0.2, 0.25) is 5.02 Å². The van der Waals surface area contributed by atoms with E-state index in [4.69, 9.17) is 11.6 Å². The van der Waals surface area contributed by atoms with Gasteiger partial charge < -0.3 is 10.6 Å². The van der Waals surface area contributed by atoms with E-state index in [1.54, 1.807) is 54.6 Å². The molecule has 166 valence electrons. The van der Waals surface area contributed by atoms with Crippen LogP contribution in [0.1, 0.15) is 22.3 Å². The number of halogens is 1. The summed E-state index contributed by atoms with van der Waals surface area (Å²) in [5, 5.41) is 5.65. The highest BCUT2D eigenvalue weighted by molar-refractivity contribution is 7.89. The molecule has 0 saturated heterocycles. The Balaban J connectivity index is 1.58. The number of aryl methyl sites for hydroxylation is 1. The van der Waals surface area contributed by atoms with Crippen LogP contribution in [0.5, 0.6) is 0 Å². The lowest BCUT2D eigenvalue weighted by Crippen LogP contribution is -2.28. The summed E-state index contributed by atoms with van der Waals surface area (Å²) in [4.78, 5) is 24.6. The van der Waals surface area contributed by atoms with Crippen molar-refractivity contribution >= 4 is 44.8 Å². The first-order valence-corrected chi connectivity index (χ1v) is 11.6. The molecule has 3 N–H and O–H groups in total. The van der Waals surface area contributed by atoms with Gasteiger partial charge in [-0.3, -0.25) is 9.59 Å². The lowest BCUT2D eigenvalue weighted by molar-refractivity contribution is -0.116. The van der Waals surface area contributed by atoms with Gasteiger partial charge in [0.25, 0.3) is 5.91 Å². The van der Waals surface area contributed by atoms with Crippen molar-refractivity contribution in [1.29, 1.82) is 0 Å². The number of amides is 2. The Morgan fingerprint density at radius 3 is 2.31 bits per heavy atom. The van der Waals surface area contributed by atoms with Crippen molar-refractivity contribution in [1.82, 2.24) is 4.72 Å². The predicted octanol–water partition coefficient (Wildman–Crippen LogP) is 4.21. The van der Waals surface area contributed by atoms with E-state index in [-0.39, 0.29) is 34.7 Å². The normalized spacial score (nSPS) is 11.1. The molecule has 0 saturated carbocycles. The molecule has 3 aromatic rings. The van der Waals surface area contributed by atoms with Crippen LogP contribution in [0, 0.1) is 6.92 Å².